The Hall–Kier alpha value is -1.10. The lowest BCUT2D eigenvalue weighted by atomic mass is 10.1. The number of amides is 1. The monoisotopic (exact) mass is 310 g/mol. The van der Waals surface area contributed by atoms with Crippen molar-refractivity contribution in [3.63, 3.8) is 0 Å². The molecule has 1 aromatic carbocycles. The van der Waals surface area contributed by atoms with Gasteiger partial charge in [0, 0.05) is 11.4 Å². The van der Waals surface area contributed by atoms with Crippen LogP contribution in [0.2, 0.25) is 5.02 Å². The predicted molar refractivity (Wildman–Crippen MR) is 84.5 cm³/mol. The van der Waals surface area contributed by atoms with Crippen LogP contribution in [0, 0.1) is 0 Å². The zero-order valence-electron chi connectivity index (χ0n) is 12.4. The highest BCUT2D eigenvalue weighted by Gasteiger charge is 2.15. The molecule has 2 N–H and O–H groups in total. The van der Waals surface area contributed by atoms with Crippen molar-refractivity contribution in [2.45, 2.75) is 38.3 Å². The number of rotatable bonds is 6. The van der Waals surface area contributed by atoms with Gasteiger partial charge in [0.15, 0.2) is 0 Å². The summed E-state index contributed by atoms with van der Waals surface area (Å²) in [7, 11) is 0. The highest BCUT2D eigenvalue weighted by atomic mass is 35.5. The molecule has 1 amide bonds. The van der Waals surface area contributed by atoms with Gasteiger partial charge in [0.2, 0.25) is 5.91 Å². The van der Waals surface area contributed by atoms with Gasteiger partial charge in [0.1, 0.15) is 0 Å². The maximum absolute atomic E-state index is 11.9. The van der Waals surface area contributed by atoms with Crippen molar-refractivity contribution < 1.29 is 9.53 Å². The summed E-state index contributed by atoms with van der Waals surface area (Å²) in [5, 5.41) is 6.93. The van der Waals surface area contributed by atoms with Gasteiger partial charge in [-0.15, -0.1) is 0 Å². The number of nitrogens with one attached hydrogen (secondary N) is 2. The van der Waals surface area contributed by atoms with Crippen LogP contribution in [0.5, 0.6) is 0 Å². The number of ether oxygens (including phenoxy) is 1. The Balaban J connectivity index is 1.70. The fourth-order valence-corrected chi connectivity index (χ4v) is 2.80. The molecule has 0 aromatic heterocycles. The van der Waals surface area contributed by atoms with Crippen LogP contribution in [0.25, 0.3) is 0 Å². The number of piperidine rings is 1. The molecule has 1 atom stereocenters. The van der Waals surface area contributed by atoms with E-state index in [1.54, 1.807) is 0 Å². The SMILES string of the molecule is C[C@@H](NC(=O)CCOC1CCNCC1)c1ccccc1Cl. The Bertz CT molecular complexity index is 461. The first-order valence-corrected chi connectivity index (χ1v) is 7.90. The molecule has 0 unspecified atom stereocenters. The Labute approximate surface area is 131 Å². The molecule has 4 nitrogen and oxygen atoms in total. The van der Waals surface area contributed by atoms with Crippen LogP contribution < -0.4 is 10.6 Å². The van der Waals surface area contributed by atoms with E-state index in [2.05, 4.69) is 10.6 Å². The topological polar surface area (TPSA) is 50.4 Å². The van der Waals surface area contributed by atoms with Crippen LogP contribution in [0.15, 0.2) is 24.3 Å². The Kier molecular flexibility index (Phi) is 6.49. The van der Waals surface area contributed by atoms with E-state index in [4.69, 9.17) is 16.3 Å². The van der Waals surface area contributed by atoms with E-state index in [1.165, 1.54) is 0 Å². The number of hydrogen-bond acceptors (Lipinski definition) is 3. The molecular formula is C16H23ClN2O2. The van der Waals surface area contributed by atoms with E-state index < -0.39 is 0 Å². The number of halogens is 1. The zero-order chi connectivity index (χ0) is 15.1. The third kappa shape index (κ3) is 5.30. The summed E-state index contributed by atoms with van der Waals surface area (Å²) in [6.45, 7) is 4.42. The highest BCUT2D eigenvalue weighted by molar-refractivity contribution is 6.31. The maximum Gasteiger partial charge on any atom is 0.222 e. The summed E-state index contributed by atoms with van der Waals surface area (Å²) in [5.74, 6) is -0.00338. The lowest BCUT2D eigenvalue weighted by Gasteiger charge is -2.23. The van der Waals surface area contributed by atoms with Gasteiger partial charge < -0.3 is 15.4 Å². The van der Waals surface area contributed by atoms with Crippen molar-refractivity contribution in [2.75, 3.05) is 19.7 Å². The molecule has 0 bridgehead atoms. The van der Waals surface area contributed by atoms with Gasteiger partial charge in [0.25, 0.3) is 0 Å². The van der Waals surface area contributed by atoms with Gasteiger partial charge in [-0.2, -0.15) is 0 Å². The normalized spacial score (nSPS) is 17.4. The number of hydrogen-bond donors (Lipinski definition) is 2. The van der Waals surface area contributed by atoms with E-state index in [0.717, 1.165) is 31.5 Å². The Morgan fingerprint density at radius 1 is 1.43 bits per heavy atom. The van der Waals surface area contributed by atoms with E-state index >= 15 is 0 Å². The molecule has 1 aromatic rings. The average Bonchev–Trinajstić information content (AvgIpc) is 2.48. The van der Waals surface area contributed by atoms with Gasteiger partial charge in [-0.25, -0.2) is 0 Å². The lowest BCUT2D eigenvalue weighted by molar-refractivity contribution is -0.123. The second-order valence-corrected chi connectivity index (χ2v) is 5.79. The van der Waals surface area contributed by atoms with Crippen molar-refractivity contribution in [3.05, 3.63) is 34.9 Å². The fourth-order valence-electron chi connectivity index (χ4n) is 2.50. The van der Waals surface area contributed by atoms with Crippen molar-refractivity contribution in [1.29, 1.82) is 0 Å². The summed E-state index contributed by atoms with van der Waals surface area (Å²) in [6.07, 6.45) is 2.73. The van der Waals surface area contributed by atoms with Crippen LogP contribution in [-0.2, 0) is 9.53 Å². The zero-order valence-corrected chi connectivity index (χ0v) is 13.2. The van der Waals surface area contributed by atoms with E-state index in [-0.39, 0.29) is 11.9 Å². The second-order valence-electron chi connectivity index (χ2n) is 5.38. The van der Waals surface area contributed by atoms with Crippen LogP contribution in [0.3, 0.4) is 0 Å². The molecule has 1 saturated heterocycles. The lowest BCUT2D eigenvalue weighted by Crippen LogP contribution is -2.33. The molecule has 2 rings (SSSR count). The number of benzene rings is 1. The summed E-state index contributed by atoms with van der Waals surface area (Å²) < 4.78 is 5.74. The molecular weight excluding hydrogens is 288 g/mol. The number of carbonyl (C=O) groups excluding carboxylic acids is 1. The summed E-state index contributed by atoms with van der Waals surface area (Å²) in [6, 6.07) is 7.47. The van der Waals surface area contributed by atoms with Gasteiger partial charge in [-0.05, 0) is 44.5 Å². The van der Waals surface area contributed by atoms with Crippen molar-refractivity contribution in [2.24, 2.45) is 0 Å². The Morgan fingerprint density at radius 2 is 2.14 bits per heavy atom. The third-order valence-electron chi connectivity index (χ3n) is 3.72. The average molecular weight is 311 g/mol. The van der Waals surface area contributed by atoms with Crippen LogP contribution in [-0.4, -0.2) is 31.7 Å². The summed E-state index contributed by atoms with van der Waals surface area (Å²) in [4.78, 5) is 11.9. The largest absolute Gasteiger partial charge is 0.378 e. The van der Waals surface area contributed by atoms with E-state index in [9.17, 15) is 4.79 Å². The van der Waals surface area contributed by atoms with E-state index in [1.807, 2.05) is 31.2 Å². The van der Waals surface area contributed by atoms with Crippen molar-refractivity contribution >= 4 is 17.5 Å². The molecule has 1 aliphatic heterocycles. The molecule has 116 valence electrons. The first-order valence-electron chi connectivity index (χ1n) is 7.53. The minimum absolute atomic E-state index is 0.00338. The molecule has 1 aliphatic rings. The first kappa shape index (κ1) is 16.3. The molecule has 1 fully saturated rings. The van der Waals surface area contributed by atoms with Crippen molar-refractivity contribution in [3.8, 4) is 0 Å². The predicted octanol–water partition coefficient (Wildman–Crippen LogP) is 2.68. The first-order chi connectivity index (χ1) is 10.2. The van der Waals surface area contributed by atoms with Crippen LogP contribution in [0.1, 0.15) is 37.8 Å². The Morgan fingerprint density at radius 3 is 2.86 bits per heavy atom. The minimum atomic E-state index is -0.0925. The molecule has 0 spiro atoms. The van der Waals surface area contributed by atoms with Gasteiger partial charge in [0.05, 0.1) is 18.8 Å². The molecule has 1 heterocycles. The maximum atomic E-state index is 11.9. The molecule has 5 heteroatoms. The van der Waals surface area contributed by atoms with Gasteiger partial charge in [-0.3, -0.25) is 4.79 Å². The molecule has 0 saturated carbocycles. The van der Waals surface area contributed by atoms with Crippen LogP contribution in [0.4, 0.5) is 0 Å². The summed E-state index contributed by atoms with van der Waals surface area (Å²) in [5.41, 5.74) is 0.937. The third-order valence-corrected chi connectivity index (χ3v) is 4.06. The number of carbonyl (C=O) groups is 1. The molecule has 21 heavy (non-hydrogen) atoms. The fraction of sp³-hybridized carbons (Fsp3) is 0.562. The van der Waals surface area contributed by atoms with E-state index in [0.29, 0.717) is 24.2 Å². The van der Waals surface area contributed by atoms with Crippen LogP contribution >= 0.6 is 11.6 Å². The molecule has 0 radical (unpaired) electrons. The minimum Gasteiger partial charge on any atom is -0.378 e. The summed E-state index contributed by atoms with van der Waals surface area (Å²) >= 11 is 6.13. The quantitative estimate of drug-likeness (QED) is 0.849. The van der Waals surface area contributed by atoms with Crippen molar-refractivity contribution in [1.82, 2.24) is 10.6 Å². The second kappa shape index (κ2) is 8.37. The van der Waals surface area contributed by atoms with Gasteiger partial charge >= 0.3 is 0 Å². The standard InChI is InChI=1S/C16H23ClN2O2/c1-12(14-4-2-3-5-15(14)17)19-16(20)8-11-21-13-6-9-18-10-7-13/h2-5,12-13,18H,6-11H2,1H3,(H,19,20)/t12-/m1/s1. The van der Waals surface area contributed by atoms with Gasteiger partial charge in [-0.1, -0.05) is 29.8 Å². The highest BCUT2D eigenvalue weighted by Crippen LogP contribution is 2.22. The molecule has 0 aliphatic carbocycles. The smallest absolute Gasteiger partial charge is 0.222 e.